The number of sulfone groups is 1. The van der Waals surface area contributed by atoms with E-state index in [0.29, 0.717) is 6.42 Å². The molecule has 1 saturated heterocycles. The molecule has 0 bridgehead atoms. The second kappa shape index (κ2) is 4.36. The molecule has 88 valence electrons. The maximum atomic E-state index is 11.3. The Bertz CT molecular complexity index is 339. The zero-order valence-corrected chi connectivity index (χ0v) is 9.27. The summed E-state index contributed by atoms with van der Waals surface area (Å²) in [6.45, 7) is 0.133. The van der Waals surface area contributed by atoms with E-state index in [-0.39, 0.29) is 19.5 Å². The van der Waals surface area contributed by atoms with Gasteiger partial charge in [0, 0.05) is 19.3 Å². The first kappa shape index (κ1) is 12.3. The molecule has 1 amide bonds. The quantitative estimate of drug-likeness (QED) is 0.643. The minimum atomic E-state index is -3.31. The Morgan fingerprint density at radius 2 is 2.07 bits per heavy atom. The van der Waals surface area contributed by atoms with E-state index in [4.69, 9.17) is 5.11 Å². The molecule has 2 unspecified atom stereocenters. The lowest BCUT2D eigenvalue weighted by molar-refractivity contribution is 0.137. The van der Waals surface area contributed by atoms with Gasteiger partial charge in [-0.25, -0.2) is 13.2 Å². The highest BCUT2D eigenvalue weighted by molar-refractivity contribution is 7.91. The topological polar surface area (TPSA) is 94.9 Å². The van der Waals surface area contributed by atoms with Gasteiger partial charge in [-0.2, -0.15) is 0 Å². The number of aliphatic hydroxyl groups excluding tert-OH is 1. The van der Waals surface area contributed by atoms with Gasteiger partial charge in [0.05, 0.1) is 11.4 Å². The molecule has 6 nitrogen and oxygen atoms in total. The number of carboxylic acid groups (broad SMARTS) is 1. The third kappa shape index (κ3) is 3.35. The van der Waals surface area contributed by atoms with E-state index in [1.54, 1.807) is 0 Å². The first-order valence-corrected chi connectivity index (χ1v) is 6.61. The monoisotopic (exact) mass is 237 g/mol. The lowest BCUT2D eigenvalue weighted by Crippen LogP contribution is -2.38. The number of hydrogen-bond donors (Lipinski definition) is 2. The van der Waals surface area contributed by atoms with Gasteiger partial charge in [0.15, 0.2) is 9.84 Å². The molecule has 1 rings (SSSR count). The minimum Gasteiger partial charge on any atom is -0.465 e. The molecule has 15 heavy (non-hydrogen) atoms. The van der Waals surface area contributed by atoms with Crippen LogP contribution in [0.25, 0.3) is 0 Å². The van der Waals surface area contributed by atoms with Crippen molar-refractivity contribution in [3.63, 3.8) is 0 Å². The van der Waals surface area contributed by atoms with E-state index in [9.17, 15) is 18.3 Å². The van der Waals surface area contributed by atoms with Crippen LogP contribution in [-0.4, -0.2) is 60.3 Å². The normalized spacial score (nSPS) is 28.5. The second-order valence-electron chi connectivity index (χ2n) is 3.86. The number of amides is 1. The van der Waals surface area contributed by atoms with Crippen molar-refractivity contribution in [1.29, 1.82) is 0 Å². The summed E-state index contributed by atoms with van der Waals surface area (Å²) in [5.74, 6) is 0. The third-order valence-corrected chi connectivity index (χ3v) is 4.12. The second-order valence-corrected chi connectivity index (χ2v) is 6.18. The SMILES string of the molecule is CS(=O)(=O)C1CC(O)CCN(C(=O)O)C1. The summed E-state index contributed by atoms with van der Waals surface area (Å²) in [4.78, 5) is 11.8. The van der Waals surface area contributed by atoms with Gasteiger partial charge in [0.2, 0.25) is 0 Å². The molecule has 1 aliphatic rings. The average Bonchev–Trinajstić information content (AvgIpc) is 2.25. The van der Waals surface area contributed by atoms with Crippen molar-refractivity contribution >= 4 is 15.9 Å². The van der Waals surface area contributed by atoms with Crippen molar-refractivity contribution in [2.75, 3.05) is 19.3 Å². The highest BCUT2D eigenvalue weighted by Crippen LogP contribution is 2.17. The molecular weight excluding hydrogens is 222 g/mol. The molecule has 1 aliphatic heterocycles. The smallest absolute Gasteiger partial charge is 0.407 e. The first-order chi connectivity index (χ1) is 6.80. The highest BCUT2D eigenvalue weighted by Gasteiger charge is 2.31. The summed E-state index contributed by atoms with van der Waals surface area (Å²) in [7, 11) is -3.31. The molecule has 2 N–H and O–H groups in total. The van der Waals surface area contributed by atoms with Gasteiger partial charge in [-0.1, -0.05) is 0 Å². The Hall–Kier alpha value is -0.820. The summed E-state index contributed by atoms with van der Waals surface area (Å²) in [6.07, 6.45) is -0.414. The van der Waals surface area contributed by atoms with Crippen molar-refractivity contribution in [2.24, 2.45) is 0 Å². The number of hydrogen-bond acceptors (Lipinski definition) is 4. The van der Waals surface area contributed by atoms with Crippen molar-refractivity contribution in [3.05, 3.63) is 0 Å². The molecule has 7 heteroatoms. The number of likely N-dealkylation sites (tertiary alicyclic amines) is 1. The molecule has 0 radical (unpaired) electrons. The maximum absolute atomic E-state index is 11.3. The summed E-state index contributed by atoms with van der Waals surface area (Å²) in [5, 5.41) is 17.4. The van der Waals surface area contributed by atoms with Crippen molar-refractivity contribution in [3.8, 4) is 0 Å². The van der Waals surface area contributed by atoms with E-state index in [0.717, 1.165) is 11.2 Å². The number of rotatable bonds is 1. The zero-order valence-electron chi connectivity index (χ0n) is 8.46. The van der Waals surface area contributed by atoms with Crippen LogP contribution in [-0.2, 0) is 9.84 Å². The predicted molar refractivity (Wildman–Crippen MR) is 53.5 cm³/mol. The first-order valence-electron chi connectivity index (χ1n) is 4.65. The van der Waals surface area contributed by atoms with Gasteiger partial charge in [-0.05, 0) is 12.8 Å². The van der Waals surface area contributed by atoms with Crippen molar-refractivity contribution < 1.29 is 23.4 Å². The Balaban J connectivity index is 2.84. The van der Waals surface area contributed by atoms with Crippen LogP contribution in [0.5, 0.6) is 0 Å². The van der Waals surface area contributed by atoms with Crippen LogP contribution in [0.2, 0.25) is 0 Å². The third-order valence-electron chi connectivity index (χ3n) is 2.57. The predicted octanol–water partition coefficient (Wildman–Crippen LogP) is -0.466. The number of carbonyl (C=O) groups is 1. The summed E-state index contributed by atoms with van der Waals surface area (Å²) in [6, 6.07) is 0. The average molecular weight is 237 g/mol. The van der Waals surface area contributed by atoms with E-state index >= 15 is 0 Å². The van der Waals surface area contributed by atoms with Crippen molar-refractivity contribution in [1.82, 2.24) is 4.90 Å². The Labute approximate surface area is 88.4 Å². The van der Waals surface area contributed by atoms with Crippen LogP contribution >= 0.6 is 0 Å². The molecule has 0 aromatic heterocycles. The van der Waals surface area contributed by atoms with Crippen LogP contribution in [0.3, 0.4) is 0 Å². The van der Waals surface area contributed by atoms with Gasteiger partial charge in [-0.15, -0.1) is 0 Å². The van der Waals surface area contributed by atoms with E-state index in [2.05, 4.69) is 0 Å². The molecule has 0 aromatic rings. The fourth-order valence-corrected chi connectivity index (χ4v) is 2.64. The molecular formula is C8H15NO5S. The van der Waals surface area contributed by atoms with E-state index < -0.39 is 27.3 Å². The molecule has 0 saturated carbocycles. The van der Waals surface area contributed by atoms with Crippen LogP contribution < -0.4 is 0 Å². The summed E-state index contributed by atoms with van der Waals surface area (Å²) < 4.78 is 22.6. The van der Waals surface area contributed by atoms with Gasteiger partial charge >= 0.3 is 6.09 Å². The zero-order chi connectivity index (χ0) is 11.6. The fourth-order valence-electron chi connectivity index (χ4n) is 1.62. The molecule has 1 fully saturated rings. The van der Waals surface area contributed by atoms with Crippen LogP contribution in [0.1, 0.15) is 12.8 Å². The largest absolute Gasteiger partial charge is 0.465 e. The van der Waals surface area contributed by atoms with Gasteiger partial charge in [0.25, 0.3) is 0 Å². The van der Waals surface area contributed by atoms with E-state index in [1.807, 2.05) is 0 Å². The standard InChI is InChI=1S/C8H15NO5S/c1-15(13,14)7-4-6(10)2-3-9(5-7)8(11)12/h6-7,10H,2-5H2,1H3,(H,11,12). The van der Waals surface area contributed by atoms with Crippen molar-refractivity contribution in [2.45, 2.75) is 24.2 Å². The number of aliphatic hydroxyl groups is 1. The fraction of sp³-hybridized carbons (Fsp3) is 0.875. The highest BCUT2D eigenvalue weighted by atomic mass is 32.2. The van der Waals surface area contributed by atoms with Gasteiger partial charge in [0.1, 0.15) is 0 Å². The molecule has 0 spiro atoms. The molecule has 0 aromatic carbocycles. The lowest BCUT2D eigenvalue weighted by Gasteiger charge is -2.20. The number of nitrogens with zero attached hydrogens (tertiary/aromatic N) is 1. The van der Waals surface area contributed by atoms with Gasteiger partial charge in [-0.3, -0.25) is 0 Å². The molecule has 0 aliphatic carbocycles. The lowest BCUT2D eigenvalue weighted by atomic mass is 10.2. The Morgan fingerprint density at radius 3 is 2.53 bits per heavy atom. The molecule has 1 heterocycles. The Morgan fingerprint density at radius 1 is 1.47 bits per heavy atom. The van der Waals surface area contributed by atoms with E-state index in [1.165, 1.54) is 0 Å². The van der Waals surface area contributed by atoms with Crippen LogP contribution in [0, 0.1) is 0 Å². The van der Waals surface area contributed by atoms with Crippen LogP contribution in [0.15, 0.2) is 0 Å². The Kier molecular flexibility index (Phi) is 3.56. The maximum Gasteiger partial charge on any atom is 0.407 e. The summed E-state index contributed by atoms with van der Waals surface area (Å²) >= 11 is 0. The van der Waals surface area contributed by atoms with Crippen LogP contribution in [0.4, 0.5) is 4.79 Å². The summed E-state index contributed by atoms with van der Waals surface area (Å²) in [5.41, 5.74) is 0. The minimum absolute atomic E-state index is 0.0504. The molecule has 2 atom stereocenters. The van der Waals surface area contributed by atoms with Gasteiger partial charge < -0.3 is 15.1 Å².